The minimum Gasteiger partial charge on any atom is -0.493 e. The highest BCUT2D eigenvalue weighted by atomic mass is 35.5. The Labute approximate surface area is 164 Å². The fraction of sp³-hybridized carbons (Fsp3) is 0.381. The number of methoxy groups -OCH3 is 1. The van der Waals surface area contributed by atoms with Crippen LogP contribution < -0.4 is 14.2 Å². The van der Waals surface area contributed by atoms with Crippen LogP contribution in [-0.4, -0.2) is 44.2 Å². The molecule has 1 saturated heterocycles. The molecule has 0 saturated carbocycles. The molecule has 1 atom stereocenters. The van der Waals surface area contributed by atoms with E-state index in [1.54, 1.807) is 13.2 Å². The third kappa shape index (κ3) is 5.54. The van der Waals surface area contributed by atoms with Crippen molar-refractivity contribution in [2.24, 2.45) is 5.92 Å². The van der Waals surface area contributed by atoms with Gasteiger partial charge in [0.25, 0.3) is 5.91 Å². The zero-order valence-corrected chi connectivity index (χ0v) is 16.2. The van der Waals surface area contributed by atoms with Gasteiger partial charge in [0.05, 0.1) is 13.7 Å². The van der Waals surface area contributed by atoms with Crippen LogP contribution in [-0.2, 0) is 4.79 Å². The summed E-state index contributed by atoms with van der Waals surface area (Å²) in [6.07, 6.45) is 2.01. The standard InChI is InChI=1S/C21H24ClNO4/c1-25-19-6-2-3-7-20(19)27-15-21(24)23-12-4-5-16(13-23)14-26-18-10-8-17(22)9-11-18/h2-3,6-11,16H,4-5,12-15H2,1H3. The van der Waals surface area contributed by atoms with Crippen LogP contribution >= 0.6 is 11.6 Å². The molecule has 0 bridgehead atoms. The molecule has 1 aliphatic heterocycles. The molecule has 1 fully saturated rings. The lowest BCUT2D eigenvalue weighted by atomic mass is 9.99. The van der Waals surface area contributed by atoms with Crippen LogP contribution in [0.4, 0.5) is 0 Å². The van der Waals surface area contributed by atoms with Crippen molar-refractivity contribution in [3.8, 4) is 17.2 Å². The van der Waals surface area contributed by atoms with Crippen molar-refractivity contribution in [3.63, 3.8) is 0 Å². The largest absolute Gasteiger partial charge is 0.493 e. The van der Waals surface area contributed by atoms with Gasteiger partial charge in [-0.15, -0.1) is 0 Å². The number of piperidine rings is 1. The van der Waals surface area contributed by atoms with E-state index in [-0.39, 0.29) is 12.5 Å². The van der Waals surface area contributed by atoms with Gasteiger partial charge >= 0.3 is 0 Å². The Kier molecular flexibility index (Phi) is 6.82. The van der Waals surface area contributed by atoms with E-state index in [2.05, 4.69) is 0 Å². The van der Waals surface area contributed by atoms with Crippen LogP contribution in [0.2, 0.25) is 5.02 Å². The monoisotopic (exact) mass is 389 g/mol. The lowest BCUT2D eigenvalue weighted by Crippen LogP contribution is -2.43. The van der Waals surface area contributed by atoms with Gasteiger partial charge in [0.2, 0.25) is 0 Å². The summed E-state index contributed by atoms with van der Waals surface area (Å²) in [7, 11) is 1.58. The normalized spacial score (nSPS) is 16.7. The van der Waals surface area contributed by atoms with E-state index in [4.69, 9.17) is 25.8 Å². The molecule has 1 amide bonds. The Balaban J connectivity index is 1.48. The van der Waals surface area contributed by atoms with Gasteiger partial charge in [-0.1, -0.05) is 23.7 Å². The van der Waals surface area contributed by atoms with E-state index < -0.39 is 0 Å². The fourth-order valence-corrected chi connectivity index (χ4v) is 3.27. The second-order valence-electron chi connectivity index (χ2n) is 6.55. The molecule has 1 heterocycles. The van der Waals surface area contributed by atoms with Crippen molar-refractivity contribution in [2.75, 3.05) is 33.4 Å². The Morgan fingerprint density at radius 1 is 1.11 bits per heavy atom. The molecule has 3 rings (SSSR count). The molecule has 2 aromatic rings. The summed E-state index contributed by atoms with van der Waals surface area (Å²) < 4.78 is 16.7. The highest BCUT2D eigenvalue weighted by Crippen LogP contribution is 2.26. The number of para-hydroxylation sites is 2. The van der Waals surface area contributed by atoms with E-state index in [1.165, 1.54) is 0 Å². The van der Waals surface area contributed by atoms with Crippen molar-refractivity contribution in [1.82, 2.24) is 4.90 Å². The molecular formula is C21H24ClNO4. The fourth-order valence-electron chi connectivity index (χ4n) is 3.14. The van der Waals surface area contributed by atoms with E-state index in [0.29, 0.717) is 35.6 Å². The molecule has 1 aliphatic rings. The summed E-state index contributed by atoms with van der Waals surface area (Å²) in [4.78, 5) is 14.4. The second kappa shape index (κ2) is 9.51. The van der Waals surface area contributed by atoms with Gasteiger partial charge in [0.15, 0.2) is 18.1 Å². The molecule has 0 spiro atoms. The Bertz CT molecular complexity index is 750. The minimum atomic E-state index is -0.0166. The number of halogens is 1. The summed E-state index contributed by atoms with van der Waals surface area (Å²) in [5.74, 6) is 2.29. The molecule has 5 nitrogen and oxygen atoms in total. The van der Waals surface area contributed by atoms with Crippen molar-refractivity contribution in [3.05, 3.63) is 53.6 Å². The van der Waals surface area contributed by atoms with Crippen LogP contribution in [0, 0.1) is 5.92 Å². The maximum Gasteiger partial charge on any atom is 0.260 e. The third-order valence-electron chi connectivity index (χ3n) is 4.59. The number of carbonyl (C=O) groups is 1. The first kappa shape index (κ1) is 19.4. The maximum absolute atomic E-state index is 12.5. The number of amides is 1. The number of carbonyl (C=O) groups excluding carboxylic acids is 1. The van der Waals surface area contributed by atoms with Crippen LogP contribution in [0.15, 0.2) is 48.5 Å². The van der Waals surface area contributed by atoms with Crippen molar-refractivity contribution >= 4 is 17.5 Å². The van der Waals surface area contributed by atoms with Gasteiger partial charge in [0, 0.05) is 24.0 Å². The van der Waals surface area contributed by atoms with Crippen LogP contribution in [0.3, 0.4) is 0 Å². The van der Waals surface area contributed by atoms with E-state index >= 15 is 0 Å². The molecule has 0 aromatic heterocycles. The van der Waals surface area contributed by atoms with Gasteiger partial charge < -0.3 is 19.1 Å². The first-order valence-corrected chi connectivity index (χ1v) is 9.45. The van der Waals surface area contributed by atoms with Gasteiger partial charge in [0.1, 0.15) is 5.75 Å². The maximum atomic E-state index is 12.5. The lowest BCUT2D eigenvalue weighted by molar-refractivity contribution is -0.135. The number of nitrogens with zero attached hydrogens (tertiary/aromatic N) is 1. The van der Waals surface area contributed by atoms with Crippen LogP contribution in [0.25, 0.3) is 0 Å². The highest BCUT2D eigenvalue weighted by molar-refractivity contribution is 6.30. The predicted molar refractivity (Wildman–Crippen MR) is 105 cm³/mol. The predicted octanol–water partition coefficient (Wildman–Crippen LogP) is 4.05. The molecular weight excluding hydrogens is 366 g/mol. The first-order chi connectivity index (χ1) is 13.2. The summed E-state index contributed by atoms with van der Waals surface area (Å²) >= 11 is 5.89. The zero-order valence-electron chi connectivity index (χ0n) is 15.4. The van der Waals surface area contributed by atoms with E-state index in [0.717, 1.165) is 25.1 Å². The lowest BCUT2D eigenvalue weighted by Gasteiger charge is -2.32. The molecule has 6 heteroatoms. The number of benzene rings is 2. The van der Waals surface area contributed by atoms with Crippen LogP contribution in [0.1, 0.15) is 12.8 Å². The van der Waals surface area contributed by atoms with Gasteiger partial charge in [-0.05, 0) is 49.2 Å². The number of rotatable bonds is 7. The molecule has 27 heavy (non-hydrogen) atoms. The summed E-state index contributed by atoms with van der Waals surface area (Å²) in [6, 6.07) is 14.7. The number of ether oxygens (including phenoxy) is 3. The highest BCUT2D eigenvalue weighted by Gasteiger charge is 2.24. The van der Waals surface area contributed by atoms with Crippen molar-refractivity contribution < 1.29 is 19.0 Å². The van der Waals surface area contributed by atoms with Gasteiger partial charge in [-0.2, -0.15) is 0 Å². The summed E-state index contributed by atoms with van der Waals surface area (Å²) in [5, 5.41) is 0.687. The summed E-state index contributed by atoms with van der Waals surface area (Å²) in [6.45, 7) is 2.02. The quantitative estimate of drug-likeness (QED) is 0.716. The number of hydrogen-bond acceptors (Lipinski definition) is 4. The van der Waals surface area contributed by atoms with Crippen LogP contribution in [0.5, 0.6) is 17.2 Å². The smallest absolute Gasteiger partial charge is 0.260 e. The Morgan fingerprint density at radius 2 is 1.85 bits per heavy atom. The Morgan fingerprint density at radius 3 is 2.59 bits per heavy atom. The summed E-state index contributed by atoms with van der Waals surface area (Å²) in [5.41, 5.74) is 0. The molecule has 1 unspecified atom stereocenters. The number of likely N-dealkylation sites (tertiary alicyclic amines) is 1. The van der Waals surface area contributed by atoms with Crippen molar-refractivity contribution in [2.45, 2.75) is 12.8 Å². The van der Waals surface area contributed by atoms with E-state index in [1.807, 2.05) is 47.4 Å². The van der Waals surface area contributed by atoms with Crippen molar-refractivity contribution in [1.29, 1.82) is 0 Å². The molecule has 0 N–H and O–H groups in total. The van der Waals surface area contributed by atoms with Gasteiger partial charge in [-0.25, -0.2) is 0 Å². The topological polar surface area (TPSA) is 48.0 Å². The zero-order chi connectivity index (χ0) is 19.1. The molecule has 144 valence electrons. The molecule has 0 aliphatic carbocycles. The third-order valence-corrected chi connectivity index (χ3v) is 4.84. The second-order valence-corrected chi connectivity index (χ2v) is 6.99. The average Bonchev–Trinajstić information content (AvgIpc) is 2.72. The average molecular weight is 390 g/mol. The SMILES string of the molecule is COc1ccccc1OCC(=O)N1CCCC(COc2ccc(Cl)cc2)C1. The molecule has 0 radical (unpaired) electrons. The Hall–Kier alpha value is -2.40. The first-order valence-electron chi connectivity index (χ1n) is 9.07. The minimum absolute atomic E-state index is 0.00509. The van der Waals surface area contributed by atoms with Gasteiger partial charge in [-0.3, -0.25) is 4.79 Å². The number of hydrogen-bond donors (Lipinski definition) is 0. The molecule has 2 aromatic carbocycles. The van der Waals surface area contributed by atoms with E-state index in [9.17, 15) is 4.79 Å².